The zero-order chi connectivity index (χ0) is 14.0. The van der Waals surface area contributed by atoms with Crippen molar-refractivity contribution in [3.05, 3.63) is 47.5 Å². The zero-order valence-electron chi connectivity index (χ0n) is 11.8. The quantitative estimate of drug-likeness (QED) is 0.830. The number of hydrogen-bond acceptors (Lipinski definition) is 2. The SMILES string of the molecule is CN(C)c1ccc(-c2cc(Cl)ccc2N(C)C)cc1. The van der Waals surface area contributed by atoms with Crippen molar-refractivity contribution < 1.29 is 0 Å². The van der Waals surface area contributed by atoms with Gasteiger partial charge in [-0.2, -0.15) is 0 Å². The fourth-order valence-corrected chi connectivity index (χ4v) is 2.24. The molecule has 0 aliphatic heterocycles. The van der Waals surface area contributed by atoms with E-state index in [1.165, 1.54) is 16.9 Å². The number of anilines is 2. The molecule has 0 unspecified atom stereocenters. The fourth-order valence-electron chi connectivity index (χ4n) is 2.07. The van der Waals surface area contributed by atoms with Gasteiger partial charge in [0.2, 0.25) is 0 Å². The lowest BCUT2D eigenvalue weighted by molar-refractivity contribution is 1.13. The molecule has 3 heteroatoms. The van der Waals surface area contributed by atoms with Crippen LogP contribution in [0.3, 0.4) is 0 Å². The minimum atomic E-state index is 0.761. The van der Waals surface area contributed by atoms with Crippen LogP contribution in [0.15, 0.2) is 42.5 Å². The molecule has 0 radical (unpaired) electrons. The van der Waals surface area contributed by atoms with Gasteiger partial charge in [0.05, 0.1) is 0 Å². The predicted molar refractivity (Wildman–Crippen MR) is 85.5 cm³/mol. The summed E-state index contributed by atoms with van der Waals surface area (Å²) in [6.45, 7) is 0. The van der Waals surface area contributed by atoms with Crippen LogP contribution in [0.4, 0.5) is 11.4 Å². The van der Waals surface area contributed by atoms with E-state index in [1.54, 1.807) is 0 Å². The van der Waals surface area contributed by atoms with E-state index in [0.717, 1.165) is 10.6 Å². The molecular formula is C16H19ClN2. The van der Waals surface area contributed by atoms with Gasteiger partial charge in [0.25, 0.3) is 0 Å². The molecule has 2 aromatic rings. The van der Waals surface area contributed by atoms with E-state index in [0.29, 0.717) is 0 Å². The summed E-state index contributed by atoms with van der Waals surface area (Å²) in [5, 5.41) is 0.761. The van der Waals surface area contributed by atoms with Crippen molar-refractivity contribution in [1.29, 1.82) is 0 Å². The summed E-state index contributed by atoms with van der Waals surface area (Å²) in [6, 6.07) is 14.5. The monoisotopic (exact) mass is 274 g/mol. The van der Waals surface area contributed by atoms with Crippen molar-refractivity contribution in [1.82, 2.24) is 0 Å². The van der Waals surface area contributed by atoms with E-state index < -0.39 is 0 Å². The molecule has 2 aromatic carbocycles. The average molecular weight is 275 g/mol. The van der Waals surface area contributed by atoms with Gasteiger partial charge in [-0.3, -0.25) is 0 Å². The topological polar surface area (TPSA) is 6.48 Å². The van der Waals surface area contributed by atoms with Crippen LogP contribution in [0.5, 0.6) is 0 Å². The summed E-state index contributed by atoms with van der Waals surface area (Å²) in [4.78, 5) is 4.19. The maximum absolute atomic E-state index is 6.13. The lowest BCUT2D eigenvalue weighted by Crippen LogP contribution is -2.10. The third kappa shape index (κ3) is 3.02. The number of hydrogen-bond donors (Lipinski definition) is 0. The molecule has 0 saturated heterocycles. The van der Waals surface area contributed by atoms with E-state index >= 15 is 0 Å². The van der Waals surface area contributed by atoms with Crippen LogP contribution in [0.25, 0.3) is 11.1 Å². The lowest BCUT2D eigenvalue weighted by atomic mass is 10.0. The lowest BCUT2D eigenvalue weighted by Gasteiger charge is -2.19. The number of nitrogens with zero attached hydrogens (tertiary/aromatic N) is 2. The predicted octanol–water partition coefficient (Wildman–Crippen LogP) is 4.14. The van der Waals surface area contributed by atoms with Crippen molar-refractivity contribution in [2.75, 3.05) is 38.0 Å². The summed E-state index contributed by atoms with van der Waals surface area (Å²) in [7, 11) is 8.17. The van der Waals surface area contributed by atoms with Gasteiger partial charge < -0.3 is 9.80 Å². The van der Waals surface area contributed by atoms with Gasteiger partial charge in [0.15, 0.2) is 0 Å². The molecule has 0 amide bonds. The van der Waals surface area contributed by atoms with Crippen LogP contribution < -0.4 is 9.80 Å². The summed E-state index contributed by atoms with van der Waals surface area (Å²) >= 11 is 6.13. The molecule has 0 atom stereocenters. The third-order valence-electron chi connectivity index (χ3n) is 3.14. The van der Waals surface area contributed by atoms with Gasteiger partial charge in [-0.15, -0.1) is 0 Å². The van der Waals surface area contributed by atoms with Crippen LogP contribution in [0, 0.1) is 0 Å². The van der Waals surface area contributed by atoms with Crippen LogP contribution in [0.2, 0.25) is 5.02 Å². The molecule has 0 bridgehead atoms. The number of halogens is 1. The van der Waals surface area contributed by atoms with E-state index in [2.05, 4.69) is 40.1 Å². The van der Waals surface area contributed by atoms with Crippen LogP contribution in [-0.4, -0.2) is 28.2 Å². The molecule has 0 heterocycles. The summed E-state index contributed by atoms with van der Waals surface area (Å²) < 4.78 is 0. The highest BCUT2D eigenvalue weighted by atomic mass is 35.5. The molecule has 0 spiro atoms. The second kappa shape index (κ2) is 5.54. The molecule has 2 nitrogen and oxygen atoms in total. The largest absolute Gasteiger partial charge is 0.378 e. The normalized spacial score (nSPS) is 10.4. The highest BCUT2D eigenvalue weighted by molar-refractivity contribution is 6.31. The highest BCUT2D eigenvalue weighted by Gasteiger charge is 2.08. The Morgan fingerprint density at radius 1 is 0.789 bits per heavy atom. The molecule has 0 N–H and O–H groups in total. The van der Waals surface area contributed by atoms with Crippen molar-refractivity contribution in [3.63, 3.8) is 0 Å². The van der Waals surface area contributed by atoms with Crippen molar-refractivity contribution in [2.24, 2.45) is 0 Å². The van der Waals surface area contributed by atoms with Gasteiger partial charge >= 0.3 is 0 Å². The minimum Gasteiger partial charge on any atom is -0.378 e. The first-order chi connectivity index (χ1) is 8.99. The second-order valence-corrected chi connectivity index (χ2v) is 5.43. The average Bonchev–Trinajstić information content (AvgIpc) is 2.38. The van der Waals surface area contributed by atoms with Gasteiger partial charge in [0.1, 0.15) is 0 Å². The maximum Gasteiger partial charge on any atom is 0.0441 e. The Bertz CT molecular complexity index is 559. The summed E-state index contributed by atoms with van der Waals surface area (Å²) in [6.07, 6.45) is 0. The summed E-state index contributed by atoms with van der Waals surface area (Å²) in [5.74, 6) is 0. The molecule has 0 aromatic heterocycles. The van der Waals surface area contributed by atoms with Crippen LogP contribution >= 0.6 is 11.6 Å². The van der Waals surface area contributed by atoms with Crippen LogP contribution in [0.1, 0.15) is 0 Å². The molecule has 0 aliphatic carbocycles. The first kappa shape index (κ1) is 13.8. The standard InChI is InChI=1S/C16H19ClN2/c1-18(2)14-8-5-12(6-9-14)15-11-13(17)7-10-16(15)19(3)4/h5-11H,1-4H3. The van der Waals surface area contributed by atoms with Gasteiger partial charge in [0, 0.05) is 50.2 Å². The summed E-state index contributed by atoms with van der Waals surface area (Å²) in [5.41, 5.74) is 4.69. The van der Waals surface area contributed by atoms with Crippen molar-refractivity contribution >= 4 is 23.0 Å². The van der Waals surface area contributed by atoms with Gasteiger partial charge in [-0.1, -0.05) is 23.7 Å². The van der Waals surface area contributed by atoms with Crippen molar-refractivity contribution in [2.45, 2.75) is 0 Å². The smallest absolute Gasteiger partial charge is 0.0441 e. The molecular weight excluding hydrogens is 256 g/mol. The van der Waals surface area contributed by atoms with Crippen LogP contribution in [-0.2, 0) is 0 Å². The second-order valence-electron chi connectivity index (χ2n) is 5.00. The van der Waals surface area contributed by atoms with E-state index in [-0.39, 0.29) is 0 Å². The van der Waals surface area contributed by atoms with E-state index in [1.807, 2.05) is 40.3 Å². The van der Waals surface area contributed by atoms with Gasteiger partial charge in [-0.05, 0) is 35.9 Å². The number of rotatable bonds is 3. The Kier molecular flexibility index (Phi) is 4.01. The maximum atomic E-state index is 6.13. The molecule has 0 saturated carbocycles. The minimum absolute atomic E-state index is 0.761. The Labute approximate surface area is 120 Å². The molecule has 0 fully saturated rings. The zero-order valence-corrected chi connectivity index (χ0v) is 12.6. The molecule has 0 aliphatic rings. The Balaban J connectivity index is 2.48. The fraction of sp³-hybridized carbons (Fsp3) is 0.250. The van der Waals surface area contributed by atoms with E-state index in [9.17, 15) is 0 Å². The first-order valence-electron chi connectivity index (χ1n) is 6.23. The number of benzene rings is 2. The van der Waals surface area contributed by atoms with Gasteiger partial charge in [-0.25, -0.2) is 0 Å². The van der Waals surface area contributed by atoms with E-state index in [4.69, 9.17) is 11.6 Å². The highest BCUT2D eigenvalue weighted by Crippen LogP contribution is 2.33. The molecule has 100 valence electrons. The first-order valence-corrected chi connectivity index (χ1v) is 6.61. The third-order valence-corrected chi connectivity index (χ3v) is 3.37. The Morgan fingerprint density at radius 3 is 1.95 bits per heavy atom. The van der Waals surface area contributed by atoms with Crippen molar-refractivity contribution in [3.8, 4) is 11.1 Å². The molecule has 19 heavy (non-hydrogen) atoms. The Hall–Kier alpha value is -1.67. The Morgan fingerprint density at radius 2 is 1.42 bits per heavy atom. The molecule has 2 rings (SSSR count).